The quantitative estimate of drug-likeness (QED) is 0.847. The zero-order valence-corrected chi connectivity index (χ0v) is 14.5. The van der Waals surface area contributed by atoms with E-state index in [0.717, 1.165) is 10.7 Å². The third-order valence-corrected chi connectivity index (χ3v) is 6.91. The summed E-state index contributed by atoms with van der Waals surface area (Å²) in [6, 6.07) is 0. The van der Waals surface area contributed by atoms with Crippen LogP contribution in [0.25, 0.3) is 0 Å². The summed E-state index contributed by atoms with van der Waals surface area (Å²) in [5, 5.41) is 11.1. The maximum Gasteiger partial charge on any atom is 0.214 e. The van der Waals surface area contributed by atoms with E-state index in [1.165, 1.54) is 23.3 Å². The Morgan fingerprint density at radius 3 is 2.57 bits per heavy atom. The summed E-state index contributed by atoms with van der Waals surface area (Å²) in [5.74, 6) is -0.243. The van der Waals surface area contributed by atoms with Crippen LogP contribution in [0.5, 0.6) is 0 Å². The predicted molar refractivity (Wildman–Crippen MR) is 83.8 cm³/mol. The lowest BCUT2D eigenvalue weighted by atomic mass is 10.1. The molecule has 1 aliphatic heterocycles. The highest BCUT2D eigenvalue weighted by molar-refractivity contribution is 7.89. The van der Waals surface area contributed by atoms with Crippen molar-refractivity contribution in [3.05, 3.63) is 15.6 Å². The molecule has 1 N–H and O–H groups in total. The summed E-state index contributed by atoms with van der Waals surface area (Å²) in [7, 11) is -0.233. The average Bonchev–Trinajstić information content (AvgIpc) is 2.83. The normalized spacial score (nSPS) is 24.1. The number of nitrogens with zero attached hydrogens (tertiary/aromatic N) is 3. The van der Waals surface area contributed by atoms with Gasteiger partial charge in [-0.05, 0) is 13.8 Å². The highest BCUT2D eigenvalue weighted by Crippen LogP contribution is 2.24. The van der Waals surface area contributed by atoms with E-state index in [1.54, 1.807) is 11.3 Å². The molecule has 1 fully saturated rings. The molecule has 8 heteroatoms. The molecule has 1 aliphatic rings. The van der Waals surface area contributed by atoms with Crippen LogP contribution < -0.4 is 0 Å². The average molecular weight is 333 g/mol. The minimum atomic E-state index is -3.28. The van der Waals surface area contributed by atoms with Gasteiger partial charge in [-0.15, -0.1) is 11.3 Å². The number of aromatic nitrogens is 1. The van der Waals surface area contributed by atoms with Crippen LogP contribution in [0.15, 0.2) is 0 Å². The van der Waals surface area contributed by atoms with Crippen molar-refractivity contribution in [2.75, 3.05) is 32.9 Å². The van der Waals surface area contributed by atoms with Crippen LogP contribution >= 0.6 is 11.3 Å². The molecular weight excluding hydrogens is 310 g/mol. The van der Waals surface area contributed by atoms with Gasteiger partial charge >= 0.3 is 0 Å². The van der Waals surface area contributed by atoms with Gasteiger partial charge in [0.2, 0.25) is 10.0 Å². The van der Waals surface area contributed by atoms with E-state index in [9.17, 15) is 13.5 Å². The Morgan fingerprint density at radius 2 is 2.05 bits per heavy atom. The lowest BCUT2D eigenvalue weighted by Gasteiger charge is -2.17. The second-order valence-corrected chi connectivity index (χ2v) is 9.35. The molecule has 0 unspecified atom stereocenters. The molecule has 0 amide bonds. The summed E-state index contributed by atoms with van der Waals surface area (Å²) in [6.07, 6.45) is -0.595. The van der Waals surface area contributed by atoms with Gasteiger partial charge in [-0.2, -0.15) is 0 Å². The smallest absolute Gasteiger partial charge is 0.214 e. The van der Waals surface area contributed by atoms with Gasteiger partial charge in [-0.25, -0.2) is 17.7 Å². The molecule has 0 bridgehead atoms. The number of aliphatic hydroxyl groups is 1. The first-order chi connectivity index (χ1) is 9.69. The van der Waals surface area contributed by atoms with Gasteiger partial charge in [0.15, 0.2) is 0 Å². The zero-order chi connectivity index (χ0) is 15.8. The summed E-state index contributed by atoms with van der Waals surface area (Å²) in [6.45, 7) is 5.80. The summed E-state index contributed by atoms with van der Waals surface area (Å²) in [4.78, 5) is 7.78. The lowest BCUT2D eigenvalue weighted by molar-refractivity contribution is 0.148. The van der Waals surface area contributed by atoms with Crippen LogP contribution in [-0.2, 0) is 16.6 Å². The molecule has 1 saturated heterocycles. The molecule has 2 rings (SSSR count). The molecule has 21 heavy (non-hydrogen) atoms. The number of hydrogen-bond donors (Lipinski definition) is 1. The van der Waals surface area contributed by atoms with Gasteiger partial charge in [0.25, 0.3) is 0 Å². The number of sulfonamides is 1. The van der Waals surface area contributed by atoms with E-state index >= 15 is 0 Å². The molecule has 6 nitrogen and oxygen atoms in total. The van der Waals surface area contributed by atoms with Gasteiger partial charge < -0.3 is 5.11 Å². The molecule has 0 aromatic carbocycles. The van der Waals surface area contributed by atoms with Gasteiger partial charge in [0, 0.05) is 38.0 Å². The van der Waals surface area contributed by atoms with Crippen molar-refractivity contribution >= 4 is 21.4 Å². The number of thiazole rings is 1. The fourth-order valence-corrected chi connectivity index (χ4v) is 4.60. The topological polar surface area (TPSA) is 73.7 Å². The Labute approximate surface area is 130 Å². The molecule has 120 valence electrons. The van der Waals surface area contributed by atoms with Crippen LogP contribution in [0.4, 0.5) is 0 Å². The van der Waals surface area contributed by atoms with E-state index in [1.807, 2.05) is 13.8 Å². The van der Waals surface area contributed by atoms with Crippen molar-refractivity contribution in [2.45, 2.75) is 26.5 Å². The molecule has 0 spiro atoms. The van der Waals surface area contributed by atoms with Crippen molar-refractivity contribution in [1.82, 2.24) is 14.2 Å². The second-order valence-electron chi connectivity index (χ2n) is 5.83. The molecular formula is C13H23N3O3S2. The van der Waals surface area contributed by atoms with Crippen LogP contribution in [0.1, 0.15) is 15.6 Å². The van der Waals surface area contributed by atoms with Crippen molar-refractivity contribution in [3.8, 4) is 0 Å². The van der Waals surface area contributed by atoms with Crippen molar-refractivity contribution in [3.63, 3.8) is 0 Å². The van der Waals surface area contributed by atoms with Gasteiger partial charge in [0.05, 0.1) is 24.1 Å². The van der Waals surface area contributed by atoms with Crippen molar-refractivity contribution in [1.29, 1.82) is 0 Å². The minimum Gasteiger partial charge on any atom is -0.391 e. The largest absolute Gasteiger partial charge is 0.391 e. The number of β-amino-alcohol motifs (C(OH)–C–C–N with tert-alkyl or cyclic N) is 1. The van der Waals surface area contributed by atoms with Crippen LogP contribution in [0.3, 0.4) is 0 Å². The van der Waals surface area contributed by atoms with Gasteiger partial charge in [0.1, 0.15) is 5.01 Å². The number of aryl methyl sites for hydroxylation is 2. The molecule has 1 aromatic heterocycles. The monoisotopic (exact) mass is 333 g/mol. The van der Waals surface area contributed by atoms with E-state index in [0.29, 0.717) is 19.6 Å². The standard InChI is InChI=1S/C13H23N3O3S2/c1-9-10(2)20-13(14-9)7-16-5-11(12(17)6-16)8-21(18,19)15(3)4/h11-12,17H,5-8H2,1-4H3/t11-,12+/m0/s1. The maximum absolute atomic E-state index is 11.9. The first-order valence-corrected chi connectivity index (χ1v) is 9.35. The van der Waals surface area contributed by atoms with Crippen molar-refractivity contribution < 1.29 is 13.5 Å². The Hall–Kier alpha value is -0.540. The van der Waals surface area contributed by atoms with Crippen molar-refractivity contribution in [2.24, 2.45) is 5.92 Å². The summed E-state index contributed by atoms with van der Waals surface area (Å²) < 4.78 is 25.1. The van der Waals surface area contributed by atoms with Crippen LogP contribution in [0, 0.1) is 19.8 Å². The number of aliphatic hydroxyl groups excluding tert-OH is 1. The Kier molecular flexibility index (Phi) is 5.04. The Morgan fingerprint density at radius 1 is 1.38 bits per heavy atom. The minimum absolute atomic E-state index is 0.00636. The first kappa shape index (κ1) is 16.8. The van der Waals surface area contributed by atoms with Crippen LogP contribution in [0.2, 0.25) is 0 Å². The molecule has 1 aromatic rings. The first-order valence-electron chi connectivity index (χ1n) is 6.92. The third-order valence-electron chi connectivity index (χ3n) is 3.89. The van der Waals surface area contributed by atoms with Gasteiger partial charge in [-0.1, -0.05) is 0 Å². The second kappa shape index (κ2) is 6.29. The number of likely N-dealkylation sites (tertiary alicyclic amines) is 1. The Bertz CT molecular complexity index is 578. The Balaban J connectivity index is 1.98. The van der Waals surface area contributed by atoms with Gasteiger partial charge in [-0.3, -0.25) is 4.90 Å². The molecule has 0 aliphatic carbocycles. The van der Waals surface area contributed by atoms with E-state index in [-0.39, 0.29) is 11.7 Å². The zero-order valence-electron chi connectivity index (χ0n) is 12.9. The summed E-state index contributed by atoms with van der Waals surface area (Å²) in [5.41, 5.74) is 1.04. The molecule has 0 saturated carbocycles. The fraction of sp³-hybridized carbons (Fsp3) is 0.769. The molecule has 0 radical (unpaired) electrons. The van der Waals surface area contributed by atoms with E-state index in [4.69, 9.17) is 0 Å². The predicted octanol–water partition coefficient (Wildman–Crippen LogP) is 0.444. The third kappa shape index (κ3) is 4.01. The van der Waals surface area contributed by atoms with Crippen LogP contribution in [-0.4, -0.2) is 66.8 Å². The molecule has 2 heterocycles. The van der Waals surface area contributed by atoms with E-state index < -0.39 is 16.1 Å². The number of hydrogen-bond acceptors (Lipinski definition) is 6. The summed E-state index contributed by atoms with van der Waals surface area (Å²) >= 11 is 1.66. The number of rotatable bonds is 5. The fourth-order valence-electron chi connectivity index (χ4n) is 2.45. The highest BCUT2D eigenvalue weighted by Gasteiger charge is 2.35. The highest BCUT2D eigenvalue weighted by atomic mass is 32.2. The van der Waals surface area contributed by atoms with E-state index in [2.05, 4.69) is 9.88 Å². The SMILES string of the molecule is Cc1nc(CN2C[C@@H](CS(=O)(=O)N(C)C)[C@H](O)C2)sc1C. The lowest BCUT2D eigenvalue weighted by Crippen LogP contribution is -2.33. The maximum atomic E-state index is 11.9. The molecule has 2 atom stereocenters.